The monoisotopic (exact) mass is 410 g/mol. The van der Waals surface area contributed by atoms with E-state index in [-0.39, 0.29) is 0 Å². The number of halogens is 1. The Morgan fingerprint density at radius 1 is 1.20 bits per heavy atom. The molecule has 1 aromatic heterocycles. The van der Waals surface area contributed by atoms with Gasteiger partial charge in [0.2, 0.25) is 5.95 Å². The fourth-order valence-electron chi connectivity index (χ4n) is 3.39. The molecule has 0 aliphatic carbocycles. The van der Waals surface area contributed by atoms with Crippen LogP contribution in [-0.4, -0.2) is 40.3 Å². The zero-order valence-corrected chi connectivity index (χ0v) is 16.5. The number of nitrogens with one attached hydrogen (secondary N) is 2. The van der Waals surface area contributed by atoms with Crippen LogP contribution >= 0.6 is 0 Å². The smallest absolute Gasteiger partial charge is 0.255 e. The number of tetrazole rings is 1. The van der Waals surface area contributed by atoms with Gasteiger partial charge in [-0.25, -0.2) is 4.39 Å². The minimum Gasteiger partial charge on any atom is -0.497 e. The zero-order valence-electron chi connectivity index (χ0n) is 16.5. The van der Waals surface area contributed by atoms with Gasteiger partial charge in [-0.3, -0.25) is 4.79 Å². The molecule has 3 aromatic rings. The summed E-state index contributed by atoms with van der Waals surface area (Å²) < 4.78 is 26.0. The van der Waals surface area contributed by atoms with Gasteiger partial charge in [0.15, 0.2) is 0 Å². The summed E-state index contributed by atoms with van der Waals surface area (Å²) in [5.41, 5.74) is 1.85. The van der Waals surface area contributed by atoms with Crippen molar-refractivity contribution in [3.05, 3.63) is 65.1 Å². The normalized spacial score (nSPS) is 15.3. The first kappa shape index (κ1) is 19.4. The van der Waals surface area contributed by atoms with Crippen LogP contribution in [0.15, 0.2) is 53.7 Å². The Kier molecular flexibility index (Phi) is 5.05. The van der Waals surface area contributed by atoms with Crippen molar-refractivity contribution >= 4 is 17.5 Å². The number of allylic oxidation sites excluding steroid dienone is 1. The fraction of sp³-hybridized carbons (Fsp3) is 0.200. The molecule has 2 aromatic carbocycles. The van der Waals surface area contributed by atoms with Crippen LogP contribution in [0.4, 0.5) is 16.0 Å². The lowest BCUT2D eigenvalue weighted by Gasteiger charge is -2.28. The minimum atomic E-state index is -0.719. The number of carbonyl (C=O) groups is 1. The van der Waals surface area contributed by atoms with Gasteiger partial charge in [0, 0.05) is 11.8 Å². The van der Waals surface area contributed by atoms with Crippen molar-refractivity contribution in [2.75, 3.05) is 24.9 Å². The summed E-state index contributed by atoms with van der Waals surface area (Å²) in [5, 5.41) is 17.5. The molecule has 1 atom stereocenters. The first-order valence-electron chi connectivity index (χ1n) is 9.06. The molecule has 4 rings (SSSR count). The summed E-state index contributed by atoms with van der Waals surface area (Å²) in [6.07, 6.45) is 0. The maximum atomic E-state index is 14.0. The SMILES string of the molecule is COc1ccc(OC)c(NC(=O)C2=C(C)Nc3nnnn3[C@H]2c2cccc(F)c2)c1. The molecule has 1 aliphatic heterocycles. The fourth-order valence-corrected chi connectivity index (χ4v) is 3.39. The number of ether oxygens (including phenoxy) is 2. The van der Waals surface area contributed by atoms with Crippen molar-refractivity contribution in [3.8, 4) is 11.5 Å². The second-order valence-corrected chi connectivity index (χ2v) is 6.59. The van der Waals surface area contributed by atoms with E-state index in [1.807, 2.05) is 0 Å². The van der Waals surface area contributed by atoms with Crippen molar-refractivity contribution in [3.63, 3.8) is 0 Å². The van der Waals surface area contributed by atoms with Crippen LogP contribution in [0.1, 0.15) is 18.5 Å². The number of nitrogens with zero attached hydrogens (tertiary/aromatic N) is 4. The molecule has 0 spiro atoms. The van der Waals surface area contributed by atoms with Crippen molar-refractivity contribution in [1.82, 2.24) is 20.2 Å². The number of benzene rings is 2. The van der Waals surface area contributed by atoms with Gasteiger partial charge in [-0.15, -0.1) is 0 Å². The van der Waals surface area contributed by atoms with E-state index in [4.69, 9.17) is 9.47 Å². The summed E-state index contributed by atoms with van der Waals surface area (Å²) in [6, 6.07) is 10.3. The highest BCUT2D eigenvalue weighted by Crippen LogP contribution is 2.36. The van der Waals surface area contributed by atoms with Gasteiger partial charge in [-0.2, -0.15) is 4.68 Å². The number of hydrogen-bond donors (Lipinski definition) is 2. The Morgan fingerprint density at radius 3 is 2.77 bits per heavy atom. The minimum absolute atomic E-state index is 0.338. The summed E-state index contributed by atoms with van der Waals surface area (Å²) >= 11 is 0. The predicted molar refractivity (Wildman–Crippen MR) is 107 cm³/mol. The van der Waals surface area contributed by atoms with Crippen molar-refractivity contribution < 1.29 is 18.7 Å². The van der Waals surface area contributed by atoms with E-state index >= 15 is 0 Å². The molecular weight excluding hydrogens is 391 g/mol. The van der Waals surface area contributed by atoms with E-state index < -0.39 is 17.8 Å². The molecule has 2 heterocycles. The number of aromatic nitrogens is 4. The molecule has 30 heavy (non-hydrogen) atoms. The maximum Gasteiger partial charge on any atom is 0.255 e. The number of amides is 1. The van der Waals surface area contributed by atoms with E-state index in [1.54, 1.807) is 37.3 Å². The average Bonchev–Trinajstić information content (AvgIpc) is 3.20. The Bertz CT molecular complexity index is 1140. The molecule has 154 valence electrons. The molecule has 9 nitrogen and oxygen atoms in total. The van der Waals surface area contributed by atoms with Gasteiger partial charge < -0.3 is 20.1 Å². The Morgan fingerprint density at radius 2 is 2.03 bits per heavy atom. The quantitative estimate of drug-likeness (QED) is 0.667. The number of carbonyl (C=O) groups excluding carboxylic acids is 1. The van der Waals surface area contributed by atoms with Gasteiger partial charge in [-0.1, -0.05) is 17.2 Å². The summed E-state index contributed by atoms with van der Waals surface area (Å²) in [7, 11) is 3.04. The van der Waals surface area contributed by atoms with Crippen LogP contribution in [-0.2, 0) is 4.79 Å². The lowest BCUT2D eigenvalue weighted by atomic mass is 9.95. The highest BCUT2D eigenvalue weighted by atomic mass is 19.1. The van der Waals surface area contributed by atoms with Crippen LogP contribution in [0.5, 0.6) is 11.5 Å². The average molecular weight is 410 g/mol. The van der Waals surface area contributed by atoms with Gasteiger partial charge in [-0.05, 0) is 47.2 Å². The van der Waals surface area contributed by atoms with Crippen LogP contribution in [0, 0.1) is 5.82 Å². The number of anilines is 2. The molecule has 0 radical (unpaired) electrons. The second-order valence-electron chi connectivity index (χ2n) is 6.59. The van der Waals surface area contributed by atoms with Gasteiger partial charge in [0.05, 0.1) is 25.5 Å². The van der Waals surface area contributed by atoms with Gasteiger partial charge in [0.1, 0.15) is 23.4 Å². The maximum absolute atomic E-state index is 14.0. The third-order valence-electron chi connectivity index (χ3n) is 4.78. The Balaban J connectivity index is 1.77. The number of fused-ring (bicyclic) bond motifs is 1. The van der Waals surface area contributed by atoms with Crippen LogP contribution in [0.3, 0.4) is 0 Å². The zero-order chi connectivity index (χ0) is 21.3. The number of methoxy groups -OCH3 is 2. The van der Waals surface area contributed by atoms with E-state index in [0.29, 0.717) is 40.0 Å². The summed E-state index contributed by atoms with van der Waals surface area (Å²) in [5.74, 6) is 0.548. The van der Waals surface area contributed by atoms with Crippen LogP contribution in [0.25, 0.3) is 0 Å². The van der Waals surface area contributed by atoms with Crippen molar-refractivity contribution in [1.29, 1.82) is 0 Å². The summed E-state index contributed by atoms with van der Waals surface area (Å²) in [6.45, 7) is 1.74. The summed E-state index contributed by atoms with van der Waals surface area (Å²) in [4.78, 5) is 13.4. The van der Waals surface area contributed by atoms with Gasteiger partial charge >= 0.3 is 0 Å². The van der Waals surface area contributed by atoms with E-state index in [1.165, 1.54) is 31.0 Å². The third-order valence-corrected chi connectivity index (χ3v) is 4.78. The first-order chi connectivity index (χ1) is 14.5. The highest BCUT2D eigenvalue weighted by molar-refractivity contribution is 6.06. The topological polar surface area (TPSA) is 103 Å². The Labute approximate surface area is 171 Å². The molecule has 0 saturated heterocycles. The number of rotatable bonds is 5. The standard InChI is InChI=1S/C20H19FN6O3/c1-11-17(19(28)23-15-10-14(29-2)7-8-16(15)30-3)18(12-5-4-6-13(21)9-12)27-20(22-11)24-25-26-27/h4-10,18H,1-3H3,(H,23,28)(H,22,24,26)/t18-/m0/s1. The molecule has 0 bridgehead atoms. The van der Waals surface area contributed by atoms with Gasteiger partial charge in [0.25, 0.3) is 5.91 Å². The van der Waals surface area contributed by atoms with Crippen LogP contribution in [0.2, 0.25) is 0 Å². The molecule has 10 heteroatoms. The third kappa shape index (κ3) is 3.43. The van der Waals surface area contributed by atoms with Crippen molar-refractivity contribution in [2.45, 2.75) is 13.0 Å². The lowest BCUT2D eigenvalue weighted by Crippen LogP contribution is -2.31. The molecule has 0 saturated carbocycles. The Hall–Kier alpha value is -3.95. The molecular formula is C20H19FN6O3. The van der Waals surface area contributed by atoms with Crippen molar-refractivity contribution in [2.24, 2.45) is 0 Å². The molecule has 1 amide bonds. The first-order valence-corrected chi connectivity index (χ1v) is 9.06. The molecule has 2 N–H and O–H groups in total. The lowest BCUT2D eigenvalue weighted by molar-refractivity contribution is -0.113. The number of hydrogen-bond acceptors (Lipinski definition) is 7. The van der Waals surface area contributed by atoms with E-state index in [9.17, 15) is 9.18 Å². The largest absolute Gasteiger partial charge is 0.497 e. The van der Waals surface area contributed by atoms with E-state index in [2.05, 4.69) is 26.2 Å². The molecule has 0 unspecified atom stereocenters. The second kappa shape index (κ2) is 7.82. The molecule has 1 aliphatic rings. The predicted octanol–water partition coefficient (Wildman–Crippen LogP) is 2.76. The van der Waals surface area contributed by atoms with E-state index in [0.717, 1.165) is 0 Å². The van der Waals surface area contributed by atoms with Crippen LogP contribution < -0.4 is 20.1 Å². The highest BCUT2D eigenvalue weighted by Gasteiger charge is 2.34. The molecule has 0 fully saturated rings.